The maximum absolute atomic E-state index is 13.5. The summed E-state index contributed by atoms with van der Waals surface area (Å²) >= 11 is 0. The molecule has 0 bridgehead atoms. The Balaban J connectivity index is 1.53. The molecule has 0 N–H and O–H groups in total. The summed E-state index contributed by atoms with van der Waals surface area (Å²) in [5.41, 5.74) is 3.49. The SMILES string of the molecule is CCCCC(=O)N1CCN(c2ccc(-c3cc(C(=O)OCC)nn3-c3ccc(F)cc3)cc2)CC1. The average Bonchev–Trinajstić information content (AvgIpc) is 3.34. The van der Waals surface area contributed by atoms with Gasteiger partial charge in [0.15, 0.2) is 5.69 Å². The second-order valence-electron chi connectivity index (χ2n) is 8.54. The highest BCUT2D eigenvalue weighted by molar-refractivity contribution is 5.89. The van der Waals surface area contributed by atoms with Crippen molar-refractivity contribution in [1.29, 1.82) is 0 Å². The van der Waals surface area contributed by atoms with E-state index < -0.39 is 5.97 Å². The van der Waals surface area contributed by atoms with E-state index in [1.807, 2.05) is 29.2 Å². The van der Waals surface area contributed by atoms with E-state index in [1.54, 1.807) is 29.8 Å². The monoisotopic (exact) mass is 478 g/mol. The third-order valence-corrected chi connectivity index (χ3v) is 6.17. The molecule has 0 unspecified atom stereocenters. The topological polar surface area (TPSA) is 67.7 Å². The third kappa shape index (κ3) is 5.70. The second kappa shape index (κ2) is 11.2. The lowest BCUT2D eigenvalue weighted by Crippen LogP contribution is -2.48. The Morgan fingerprint density at radius 1 is 0.943 bits per heavy atom. The van der Waals surface area contributed by atoms with E-state index >= 15 is 0 Å². The molecule has 8 heteroatoms. The normalized spacial score (nSPS) is 13.7. The Bertz CT molecular complexity index is 1150. The molecule has 4 rings (SSSR count). The number of anilines is 1. The van der Waals surface area contributed by atoms with Crippen LogP contribution in [0.2, 0.25) is 0 Å². The van der Waals surface area contributed by atoms with Gasteiger partial charge in [0, 0.05) is 43.9 Å². The predicted molar refractivity (Wildman–Crippen MR) is 133 cm³/mol. The zero-order valence-corrected chi connectivity index (χ0v) is 20.2. The van der Waals surface area contributed by atoms with E-state index in [0.717, 1.165) is 50.3 Å². The summed E-state index contributed by atoms with van der Waals surface area (Å²) in [7, 11) is 0. The summed E-state index contributed by atoms with van der Waals surface area (Å²) in [4.78, 5) is 28.9. The Kier molecular flexibility index (Phi) is 7.80. The number of rotatable bonds is 8. The average molecular weight is 479 g/mol. The standard InChI is InChI=1S/C27H31FN4O3/c1-3-5-6-26(33)31-17-15-30(16-18-31)22-11-7-20(8-12-22)25-19-24(27(34)35-4-2)29-32(25)23-13-9-21(28)10-14-23/h7-14,19H,3-6,15-18H2,1-2H3. The first kappa shape index (κ1) is 24.4. The zero-order valence-electron chi connectivity index (χ0n) is 20.2. The van der Waals surface area contributed by atoms with Crippen molar-refractivity contribution in [3.8, 4) is 16.9 Å². The van der Waals surface area contributed by atoms with Gasteiger partial charge in [0.2, 0.25) is 5.91 Å². The van der Waals surface area contributed by atoms with Gasteiger partial charge in [0.25, 0.3) is 0 Å². The van der Waals surface area contributed by atoms with Crippen LogP contribution in [0.3, 0.4) is 0 Å². The van der Waals surface area contributed by atoms with Crippen LogP contribution in [-0.4, -0.2) is 59.3 Å². The van der Waals surface area contributed by atoms with E-state index in [4.69, 9.17) is 4.74 Å². The van der Waals surface area contributed by atoms with E-state index in [0.29, 0.717) is 17.8 Å². The molecule has 7 nitrogen and oxygen atoms in total. The van der Waals surface area contributed by atoms with Crippen LogP contribution in [0.1, 0.15) is 43.6 Å². The number of halogens is 1. The van der Waals surface area contributed by atoms with E-state index in [1.165, 1.54) is 12.1 Å². The minimum atomic E-state index is -0.502. The van der Waals surface area contributed by atoms with Crippen molar-refractivity contribution in [2.24, 2.45) is 0 Å². The van der Waals surface area contributed by atoms with Crippen LogP contribution < -0.4 is 4.90 Å². The van der Waals surface area contributed by atoms with Gasteiger partial charge < -0.3 is 14.5 Å². The second-order valence-corrected chi connectivity index (χ2v) is 8.54. The zero-order chi connectivity index (χ0) is 24.8. The fourth-order valence-corrected chi connectivity index (χ4v) is 4.21. The number of hydrogen-bond donors (Lipinski definition) is 0. The molecular weight excluding hydrogens is 447 g/mol. The number of hydrogen-bond acceptors (Lipinski definition) is 5. The molecule has 0 aliphatic carbocycles. The van der Waals surface area contributed by atoms with Crippen LogP contribution in [0.15, 0.2) is 54.6 Å². The van der Waals surface area contributed by atoms with Crippen molar-refractivity contribution in [1.82, 2.24) is 14.7 Å². The number of esters is 1. The number of carbonyl (C=O) groups is 2. The van der Waals surface area contributed by atoms with Gasteiger partial charge in [-0.2, -0.15) is 5.10 Å². The molecule has 1 aliphatic heterocycles. The molecule has 0 radical (unpaired) electrons. The van der Waals surface area contributed by atoms with Crippen molar-refractivity contribution in [3.63, 3.8) is 0 Å². The van der Waals surface area contributed by atoms with Gasteiger partial charge in [0.1, 0.15) is 5.82 Å². The summed E-state index contributed by atoms with van der Waals surface area (Å²) in [5.74, 6) is -0.601. The molecule has 1 amide bonds. The number of ether oxygens (including phenoxy) is 1. The first-order valence-corrected chi connectivity index (χ1v) is 12.2. The van der Waals surface area contributed by atoms with Gasteiger partial charge in [0.05, 0.1) is 18.0 Å². The molecule has 1 aliphatic rings. The molecule has 1 saturated heterocycles. The summed E-state index contributed by atoms with van der Waals surface area (Å²) in [6.07, 6.45) is 2.59. The predicted octanol–water partition coefficient (Wildman–Crippen LogP) is 4.69. The van der Waals surface area contributed by atoms with Crippen LogP contribution in [-0.2, 0) is 9.53 Å². The number of carbonyl (C=O) groups excluding carboxylic acids is 2. The fraction of sp³-hybridized carbons (Fsp3) is 0.370. The number of aromatic nitrogens is 2. The first-order chi connectivity index (χ1) is 17.0. The molecule has 1 fully saturated rings. The minimum absolute atomic E-state index is 0.194. The van der Waals surface area contributed by atoms with Gasteiger partial charge >= 0.3 is 5.97 Å². The summed E-state index contributed by atoms with van der Waals surface area (Å²) in [5, 5.41) is 4.44. The maximum Gasteiger partial charge on any atom is 0.358 e. The van der Waals surface area contributed by atoms with Crippen molar-refractivity contribution < 1.29 is 18.7 Å². The van der Waals surface area contributed by atoms with Crippen LogP contribution >= 0.6 is 0 Å². The first-order valence-electron chi connectivity index (χ1n) is 12.2. The number of piperazine rings is 1. The lowest BCUT2D eigenvalue weighted by atomic mass is 10.1. The van der Waals surface area contributed by atoms with Crippen LogP contribution in [0.4, 0.5) is 10.1 Å². The van der Waals surface area contributed by atoms with Crippen LogP contribution in [0, 0.1) is 5.82 Å². The molecule has 2 heterocycles. The molecule has 0 atom stereocenters. The number of nitrogens with zero attached hydrogens (tertiary/aromatic N) is 4. The fourth-order valence-electron chi connectivity index (χ4n) is 4.21. The molecule has 184 valence electrons. The minimum Gasteiger partial charge on any atom is -0.461 e. The smallest absolute Gasteiger partial charge is 0.358 e. The molecular formula is C27H31FN4O3. The third-order valence-electron chi connectivity index (χ3n) is 6.17. The Morgan fingerprint density at radius 3 is 2.23 bits per heavy atom. The summed E-state index contributed by atoms with van der Waals surface area (Å²) in [6.45, 7) is 7.13. The van der Waals surface area contributed by atoms with Gasteiger partial charge in [-0.3, -0.25) is 4.79 Å². The van der Waals surface area contributed by atoms with Crippen LogP contribution in [0.25, 0.3) is 16.9 Å². The summed E-state index contributed by atoms with van der Waals surface area (Å²) in [6, 6.07) is 15.7. The van der Waals surface area contributed by atoms with Crippen molar-refractivity contribution in [3.05, 3.63) is 66.1 Å². The lowest BCUT2D eigenvalue weighted by Gasteiger charge is -2.36. The highest BCUT2D eigenvalue weighted by Gasteiger charge is 2.22. The molecule has 2 aromatic carbocycles. The molecule has 0 spiro atoms. The molecule has 0 saturated carbocycles. The van der Waals surface area contributed by atoms with E-state index in [-0.39, 0.29) is 24.0 Å². The lowest BCUT2D eigenvalue weighted by molar-refractivity contribution is -0.131. The Morgan fingerprint density at radius 2 is 1.60 bits per heavy atom. The van der Waals surface area contributed by atoms with Gasteiger partial charge in [-0.1, -0.05) is 25.5 Å². The van der Waals surface area contributed by atoms with Crippen molar-refractivity contribution in [2.45, 2.75) is 33.1 Å². The maximum atomic E-state index is 13.5. The molecule has 3 aromatic rings. The van der Waals surface area contributed by atoms with Crippen molar-refractivity contribution in [2.75, 3.05) is 37.7 Å². The van der Waals surface area contributed by atoms with Crippen LogP contribution in [0.5, 0.6) is 0 Å². The molecule has 1 aromatic heterocycles. The number of amides is 1. The number of unbranched alkanes of at least 4 members (excludes halogenated alkanes) is 1. The van der Waals surface area contributed by atoms with E-state index in [2.05, 4.69) is 16.9 Å². The largest absolute Gasteiger partial charge is 0.461 e. The Hall–Kier alpha value is -3.68. The van der Waals surface area contributed by atoms with Gasteiger partial charge in [-0.05, 0) is 55.8 Å². The highest BCUT2D eigenvalue weighted by Crippen LogP contribution is 2.27. The Labute approximate surface area is 205 Å². The van der Waals surface area contributed by atoms with Gasteiger partial charge in [-0.25, -0.2) is 13.9 Å². The van der Waals surface area contributed by atoms with Crippen molar-refractivity contribution >= 4 is 17.6 Å². The number of benzene rings is 2. The highest BCUT2D eigenvalue weighted by atomic mass is 19.1. The van der Waals surface area contributed by atoms with E-state index in [9.17, 15) is 14.0 Å². The van der Waals surface area contributed by atoms with Gasteiger partial charge in [-0.15, -0.1) is 0 Å². The molecule has 35 heavy (non-hydrogen) atoms. The quantitative estimate of drug-likeness (QED) is 0.439. The summed E-state index contributed by atoms with van der Waals surface area (Å²) < 4.78 is 20.2.